The number of urea groups is 1. The topological polar surface area (TPSA) is 61.4 Å². The minimum atomic E-state index is -0.489. The molecule has 124 valence electrons. The molecular formula is C19H21N3O2. The highest BCUT2D eigenvalue weighted by Gasteiger charge is 2.33. The molecule has 0 saturated carbocycles. The van der Waals surface area contributed by atoms with Gasteiger partial charge in [0.2, 0.25) is 5.91 Å². The summed E-state index contributed by atoms with van der Waals surface area (Å²) in [5.74, 6) is -0.0727. The predicted molar refractivity (Wildman–Crippen MR) is 95.3 cm³/mol. The molecular weight excluding hydrogens is 302 g/mol. The van der Waals surface area contributed by atoms with Crippen molar-refractivity contribution in [2.24, 2.45) is 0 Å². The van der Waals surface area contributed by atoms with Crippen LogP contribution in [0, 0.1) is 13.8 Å². The molecule has 2 aromatic rings. The van der Waals surface area contributed by atoms with Gasteiger partial charge in [0, 0.05) is 17.9 Å². The van der Waals surface area contributed by atoms with Gasteiger partial charge in [-0.25, -0.2) is 4.79 Å². The number of nitrogens with zero attached hydrogens (tertiary/aromatic N) is 1. The molecule has 0 spiro atoms. The molecule has 5 nitrogen and oxygen atoms in total. The van der Waals surface area contributed by atoms with Crippen molar-refractivity contribution in [3.8, 4) is 0 Å². The Morgan fingerprint density at radius 3 is 2.54 bits per heavy atom. The lowest BCUT2D eigenvalue weighted by Gasteiger charge is -2.17. The zero-order chi connectivity index (χ0) is 17.1. The van der Waals surface area contributed by atoms with Crippen LogP contribution in [0.4, 0.5) is 16.2 Å². The second kappa shape index (κ2) is 6.74. The van der Waals surface area contributed by atoms with E-state index in [1.165, 1.54) is 5.56 Å². The van der Waals surface area contributed by atoms with E-state index in [1.54, 1.807) is 4.90 Å². The van der Waals surface area contributed by atoms with Gasteiger partial charge in [-0.1, -0.05) is 24.3 Å². The van der Waals surface area contributed by atoms with Crippen molar-refractivity contribution < 1.29 is 9.59 Å². The molecule has 3 amide bonds. The molecule has 0 unspecified atom stereocenters. The molecule has 0 aliphatic carbocycles. The predicted octanol–water partition coefficient (Wildman–Crippen LogP) is 3.23. The van der Waals surface area contributed by atoms with Crippen molar-refractivity contribution in [2.45, 2.75) is 26.3 Å². The molecule has 0 bridgehead atoms. The van der Waals surface area contributed by atoms with E-state index in [9.17, 15) is 9.59 Å². The number of hydrogen-bond donors (Lipinski definition) is 2. The molecule has 2 N–H and O–H groups in total. The number of rotatable bonds is 3. The molecule has 5 heteroatoms. The Bertz CT molecular complexity index is 758. The first-order chi connectivity index (χ1) is 11.5. The average molecular weight is 323 g/mol. The summed E-state index contributed by atoms with van der Waals surface area (Å²) >= 11 is 0. The number of aryl methyl sites for hydroxylation is 2. The van der Waals surface area contributed by atoms with Crippen LogP contribution in [0.2, 0.25) is 0 Å². The number of amides is 3. The summed E-state index contributed by atoms with van der Waals surface area (Å²) in [5, 5.41) is 5.56. The summed E-state index contributed by atoms with van der Waals surface area (Å²) in [5.41, 5.74) is 3.87. The summed E-state index contributed by atoms with van der Waals surface area (Å²) < 4.78 is 0. The quantitative estimate of drug-likeness (QED) is 0.911. The van der Waals surface area contributed by atoms with Crippen LogP contribution >= 0.6 is 0 Å². The van der Waals surface area contributed by atoms with Gasteiger partial charge in [0.1, 0.15) is 6.04 Å². The van der Waals surface area contributed by atoms with Crippen LogP contribution in [0.5, 0.6) is 0 Å². The van der Waals surface area contributed by atoms with Gasteiger partial charge < -0.3 is 15.5 Å². The average Bonchev–Trinajstić information content (AvgIpc) is 2.92. The van der Waals surface area contributed by atoms with E-state index >= 15 is 0 Å². The summed E-state index contributed by atoms with van der Waals surface area (Å²) in [6, 6.07) is 14.4. The normalized spacial score (nSPS) is 17.0. The summed E-state index contributed by atoms with van der Waals surface area (Å²) in [4.78, 5) is 26.3. The van der Waals surface area contributed by atoms with Gasteiger partial charge in [-0.05, 0) is 55.7 Å². The number of carbonyl (C=O) groups excluding carboxylic acids is 2. The van der Waals surface area contributed by atoms with E-state index in [-0.39, 0.29) is 11.9 Å². The fourth-order valence-corrected chi connectivity index (χ4v) is 2.82. The Morgan fingerprint density at radius 2 is 1.83 bits per heavy atom. The van der Waals surface area contributed by atoms with Gasteiger partial charge >= 0.3 is 6.03 Å². The lowest BCUT2D eigenvalue weighted by atomic mass is 10.1. The largest absolute Gasteiger partial charge is 0.326 e. The smallest absolute Gasteiger partial charge is 0.319 e. The number of benzene rings is 2. The third-order valence-electron chi connectivity index (χ3n) is 4.34. The lowest BCUT2D eigenvalue weighted by molar-refractivity contribution is -0.118. The zero-order valence-corrected chi connectivity index (χ0v) is 13.9. The van der Waals surface area contributed by atoms with E-state index in [0.29, 0.717) is 13.0 Å². The number of hydrogen-bond acceptors (Lipinski definition) is 2. The van der Waals surface area contributed by atoms with Crippen molar-refractivity contribution in [1.82, 2.24) is 5.32 Å². The second-order valence-corrected chi connectivity index (χ2v) is 6.06. The summed E-state index contributed by atoms with van der Waals surface area (Å²) in [6.45, 7) is 4.63. The molecule has 24 heavy (non-hydrogen) atoms. The fraction of sp³-hybridized carbons (Fsp3) is 0.263. The molecule has 0 radical (unpaired) electrons. The summed E-state index contributed by atoms with van der Waals surface area (Å²) in [7, 11) is 0. The van der Waals surface area contributed by atoms with Crippen LogP contribution in [-0.2, 0) is 4.79 Å². The molecule has 3 rings (SSSR count). The molecule has 1 aliphatic rings. The molecule has 1 heterocycles. The van der Waals surface area contributed by atoms with Crippen molar-refractivity contribution in [1.29, 1.82) is 0 Å². The van der Waals surface area contributed by atoms with Crippen LogP contribution in [0.3, 0.4) is 0 Å². The van der Waals surface area contributed by atoms with Gasteiger partial charge in [0.15, 0.2) is 0 Å². The van der Waals surface area contributed by atoms with E-state index in [4.69, 9.17) is 0 Å². The van der Waals surface area contributed by atoms with Crippen LogP contribution in [0.15, 0.2) is 48.5 Å². The van der Waals surface area contributed by atoms with E-state index in [2.05, 4.69) is 10.6 Å². The zero-order valence-electron chi connectivity index (χ0n) is 13.9. The van der Waals surface area contributed by atoms with Crippen LogP contribution < -0.4 is 15.5 Å². The maximum Gasteiger partial charge on any atom is 0.319 e. The Labute approximate surface area is 141 Å². The SMILES string of the molecule is Cc1ccc(NC(=O)N[C@H]2CCN(c3ccccc3)C2=O)cc1C. The first kappa shape index (κ1) is 16.1. The number of para-hydroxylation sites is 1. The molecule has 1 atom stereocenters. The Morgan fingerprint density at radius 1 is 1.08 bits per heavy atom. The third-order valence-corrected chi connectivity index (χ3v) is 4.34. The standard InChI is InChI=1S/C19H21N3O2/c1-13-8-9-15(12-14(13)2)20-19(24)21-17-10-11-22(18(17)23)16-6-4-3-5-7-16/h3-9,12,17H,10-11H2,1-2H3,(H2,20,21,24)/t17-/m0/s1. The molecule has 1 aliphatic heterocycles. The molecule has 1 fully saturated rings. The highest BCUT2D eigenvalue weighted by Crippen LogP contribution is 2.21. The van der Waals surface area contributed by atoms with Crippen LogP contribution in [0.1, 0.15) is 17.5 Å². The monoisotopic (exact) mass is 323 g/mol. The van der Waals surface area contributed by atoms with Gasteiger partial charge in [0.05, 0.1) is 0 Å². The van der Waals surface area contributed by atoms with E-state index in [0.717, 1.165) is 16.9 Å². The fourth-order valence-electron chi connectivity index (χ4n) is 2.82. The molecule has 2 aromatic carbocycles. The first-order valence-electron chi connectivity index (χ1n) is 8.06. The maximum absolute atomic E-state index is 12.5. The van der Waals surface area contributed by atoms with Crippen molar-refractivity contribution in [2.75, 3.05) is 16.8 Å². The van der Waals surface area contributed by atoms with Gasteiger partial charge in [-0.2, -0.15) is 0 Å². The second-order valence-electron chi connectivity index (χ2n) is 6.06. The Hall–Kier alpha value is -2.82. The molecule has 0 aromatic heterocycles. The Kier molecular flexibility index (Phi) is 4.51. The number of anilines is 2. The highest BCUT2D eigenvalue weighted by molar-refractivity contribution is 6.02. The van der Waals surface area contributed by atoms with Gasteiger partial charge in [-0.3, -0.25) is 4.79 Å². The Balaban J connectivity index is 1.61. The number of nitrogens with one attached hydrogen (secondary N) is 2. The van der Waals surface area contributed by atoms with Crippen LogP contribution in [0.25, 0.3) is 0 Å². The first-order valence-corrected chi connectivity index (χ1v) is 8.06. The van der Waals surface area contributed by atoms with Gasteiger partial charge in [-0.15, -0.1) is 0 Å². The minimum absolute atomic E-state index is 0.0727. The van der Waals surface area contributed by atoms with E-state index in [1.807, 2.05) is 62.4 Å². The van der Waals surface area contributed by atoms with Crippen LogP contribution in [-0.4, -0.2) is 24.5 Å². The minimum Gasteiger partial charge on any atom is -0.326 e. The van der Waals surface area contributed by atoms with Crippen molar-refractivity contribution >= 4 is 23.3 Å². The van der Waals surface area contributed by atoms with Gasteiger partial charge in [0.25, 0.3) is 0 Å². The number of carbonyl (C=O) groups is 2. The molecule has 1 saturated heterocycles. The lowest BCUT2D eigenvalue weighted by Crippen LogP contribution is -2.43. The highest BCUT2D eigenvalue weighted by atomic mass is 16.2. The third kappa shape index (κ3) is 3.40. The van der Waals surface area contributed by atoms with Crippen molar-refractivity contribution in [3.05, 3.63) is 59.7 Å². The van der Waals surface area contributed by atoms with Crippen molar-refractivity contribution in [3.63, 3.8) is 0 Å². The summed E-state index contributed by atoms with van der Waals surface area (Å²) in [6.07, 6.45) is 0.605. The van der Waals surface area contributed by atoms with E-state index < -0.39 is 6.04 Å². The maximum atomic E-state index is 12.5.